The second-order valence-corrected chi connectivity index (χ2v) is 7.28. The van der Waals surface area contributed by atoms with Gasteiger partial charge in [-0.3, -0.25) is 4.79 Å². The number of hydrogen-bond donors (Lipinski definition) is 2. The minimum atomic E-state index is -0.555. The number of carbonyl (C=O) groups is 1. The van der Waals surface area contributed by atoms with Crippen LogP contribution < -0.4 is 5.32 Å². The predicted octanol–water partition coefficient (Wildman–Crippen LogP) is 3.55. The Morgan fingerprint density at radius 2 is 2.10 bits per heavy atom. The van der Waals surface area contributed by atoms with E-state index in [4.69, 9.17) is 0 Å². The quantitative estimate of drug-likeness (QED) is 0.857. The maximum absolute atomic E-state index is 11.6. The van der Waals surface area contributed by atoms with Crippen LogP contribution in [0.4, 0.5) is 0 Å². The molecule has 1 atom stereocenters. The van der Waals surface area contributed by atoms with Crippen molar-refractivity contribution in [2.45, 2.75) is 32.9 Å². The van der Waals surface area contributed by atoms with Crippen LogP contribution in [0.2, 0.25) is 0 Å². The first-order valence-corrected chi connectivity index (χ1v) is 8.32. The number of thiophene rings is 2. The summed E-state index contributed by atoms with van der Waals surface area (Å²) in [7, 11) is 0. The van der Waals surface area contributed by atoms with E-state index < -0.39 is 6.10 Å². The SMILES string of the molecule is CC(C)CC(=O)NCc1ccc(C(O)c2cccs2)s1. The molecule has 5 heteroatoms. The summed E-state index contributed by atoms with van der Waals surface area (Å²) in [6.45, 7) is 4.59. The van der Waals surface area contributed by atoms with E-state index in [1.54, 1.807) is 22.7 Å². The Kier molecular flexibility index (Phi) is 5.34. The van der Waals surface area contributed by atoms with Crippen LogP contribution in [0.25, 0.3) is 0 Å². The average molecular weight is 309 g/mol. The van der Waals surface area contributed by atoms with Crippen LogP contribution in [0.1, 0.15) is 41.0 Å². The van der Waals surface area contributed by atoms with Crippen molar-refractivity contribution in [3.05, 3.63) is 44.3 Å². The van der Waals surface area contributed by atoms with E-state index >= 15 is 0 Å². The number of amides is 1. The molecule has 0 aliphatic heterocycles. The molecule has 2 aromatic heterocycles. The molecule has 108 valence electrons. The molecular weight excluding hydrogens is 290 g/mol. The minimum absolute atomic E-state index is 0.0776. The van der Waals surface area contributed by atoms with Gasteiger partial charge in [0, 0.05) is 21.1 Å². The third-order valence-corrected chi connectivity index (χ3v) is 4.88. The summed E-state index contributed by atoms with van der Waals surface area (Å²) in [4.78, 5) is 14.5. The molecule has 2 N–H and O–H groups in total. The van der Waals surface area contributed by atoms with Gasteiger partial charge in [0.05, 0.1) is 6.54 Å². The molecular formula is C15H19NO2S2. The summed E-state index contributed by atoms with van der Waals surface area (Å²) in [5, 5.41) is 15.1. The second-order valence-electron chi connectivity index (χ2n) is 5.10. The zero-order valence-electron chi connectivity index (χ0n) is 11.6. The lowest BCUT2D eigenvalue weighted by Crippen LogP contribution is -2.23. The van der Waals surface area contributed by atoms with E-state index in [0.717, 1.165) is 14.6 Å². The summed E-state index contributed by atoms with van der Waals surface area (Å²) >= 11 is 3.09. The first-order chi connectivity index (χ1) is 9.56. The molecule has 0 aliphatic rings. The lowest BCUT2D eigenvalue weighted by Gasteiger charge is -2.06. The summed E-state index contributed by atoms with van der Waals surface area (Å²) in [5.74, 6) is 0.448. The lowest BCUT2D eigenvalue weighted by atomic mass is 10.1. The molecule has 2 rings (SSSR count). The van der Waals surface area contributed by atoms with E-state index in [2.05, 4.69) is 5.32 Å². The average Bonchev–Trinajstić information content (AvgIpc) is 3.06. The topological polar surface area (TPSA) is 49.3 Å². The van der Waals surface area contributed by atoms with E-state index in [9.17, 15) is 9.90 Å². The van der Waals surface area contributed by atoms with Crippen molar-refractivity contribution < 1.29 is 9.90 Å². The predicted molar refractivity (Wildman–Crippen MR) is 84.0 cm³/mol. The van der Waals surface area contributed by atoms with Gasteiger partial charge < -0.3 is 10.4 Å². The molecule has 1 amide bonds. The Balaban J connectivity index is 1.91. The smallest absolute Gasteiger partial charge is 0.220 e. The van der Waals surface area contributed by atoms with Gasteiger partial charge in [0.1, 0.15) is 6.10 Å². The monoisotopic (exact) mass is 309 g/mol. The Labute approximate surface area is 127 Å². The zero-order valence-corrected chi connectivity index (χ0v) is 13.3. The van der Waals surface area contributed by atoms with Crippen molar-refractivity contribution in [1.29, 1.82) is 0 Å². The highest BCUT2D eigenvalue weighted by Crippen LogP contribution is 2.30. The van der Waals surface area contributed by atoms with E-state index in [0.29, 0.717) is 18.9 Å². The summed E-state index contributed by atoms with van der Waals surface area (Å²) in [5.41, 5.74) is 0. The number of aliphatic hydroxyl groups is 1. The molecule has 2 heterocycles. The Hall–Kier alpha value is -1.17. The van der Waals surface area contributed by atoms with Gasteiger partial charge in [-0.2, -0.15) is 0 Å². The van der Waals surface area contributed by atoms with Gasteiger partial charge in [-0.1, -0.05) is 19.9 Å². The van der Waals surface area contributed by atoms with Crippen molar-refractivity contribution >= 4 is 28.6 Å². The van der Waals surface area contributed by atoms with Crippen molar-refractivity contribution in [1.82, 2.24) is 5.32 Å². The summed E-state index contributed by atoms with van der Waals surface area (Å²) in [6.07, 6.45) is -0.00381. The van der Waals surface area contributed by atoms with Crippen LogP contribution in [0.5, 0.6) is 0 Å². The van der Waals surface area contributed by atoms with Gasteiger partial charge in [0.25, 0.3) is 0 Å². The standard InChI is InChI=1S/C15H19NO2S2/c1-10(2)8-14(17)16-9-11-5-6-13(20-11)15(18)12-4-3-7-19-12/h3-7,10,15,18H,8-9H2,1-2H3,(H,16,17). The molecule has 0 spiro atoms. The Bertz CT molecular complexity index is 546. The van der Waals surface area contributed by atoms with Crippen LogP contribution in [0.15, 0.2) is 29.6 Å². The molecule has 3 nitrogen and oxygen atoms in total. The largest absolute Gasteiger partial charge is 0.382 e. The first-order valence-electron chi connectivity index (χ1n) is 6.63. The fourth-order valence-electron chi connectivity index (χ4n) is 1.85. The van der Waals surface area contributed by atoms with Gasteiger partial charge in [-0.05, 0) is 29.5 Å². The van der Waals surface area contributed by atoms with Gasteiger partial charge in [-0.25, -0.2) is 0 Å². The fourth-order valence-corrected chi connectivity index (χ4v) is 3.61. The zero-order chi connectivity index (χ0) is 14.5. The molecule has 0 aromatic carbocycles. The summed E-state index contributed by atoms with van der Waals surface area (Å²) in [6, 6.07) is 7.76. The van der Waals surface area contributed by atoms with Gasteiger partial charge >= 0.3 is 0 Å². The number of hydrogen-bond acceptors (Lipinski definition) is 4. The Morgan fingerprint density at radius 1 is 1.30 bits per heavy atom. The van der Waals surface area contributed by atoms with E-state index in [-0.39, 0.29) is 5.91 Å². The third-order valence-electron chi connectivity index (χ3n) is 2.82. The van der Waals surface area contributed by atoms with Crippen molar-refractivity contribution in [3.8, 4) is 0 Å². The summed E-state index contributed by atoms with van der Waals surface area (Å²) < 4.78 is 0. The molecule has 0 fully saturated rings. The van der Waals surface area contributed by atoms with Crippen molar-refractivity contribution in [3.63, 3.8) is 0 Å². The number of aliphatic hydroxyl groups excluding tert-OH is 1. The molecule has 0 aliphatic carbocycles. The maximum atomic E-state index is 11.6. The van der Waals surface area contributed by atoms with Gasteiger partial charge in [0.15, 0.2) is 0 Å². The van der Waals surface area contributed by atoms with Crippen molar-refractivity contribution in [2.24, 2.45) is 5.92 Å². The molecule has 2 aromatic rings. The minimum Gasteiger partial charge on any atom is -0.382 e. The molecule has 0 bridgehead atoms. The number of rotatable bonds is 6. The molecule has 20 heavy (non-hydrogen) atoms. The van der Waals surface area contributed by atoms with Crippen molar-refractivity contribution in [2.75, 3.05) is 0 Å². The van der Waals surface area contributed by atoms with E-state index in [1.807, 2.05) is 43.5 Å². The second kappa shape index (κ2) is 7.02. The van der Waals surface area contributed by atoms with Gasteiger partial charge in [0.2, 0.25) is 5.91 Å². The normalized spacial score (nSPS) is 12.6. The first kappa shape index (κ1) is 15.2. The lowest BCUT2D eigenvalue weighted by molar-refractivity contribution is -0.121. The number of nitrogens with one attached hydrogen (secondary N) is 1. The highest BCUT2D eigenvalue weighted by Gasteiger charge is 2.14. The highest BCUT2D eigenvalue weighted by atomic mass is 32.1. The molecule has 1 unspecified atom stereocenters. The molecule has 0 saturated carbocycles. The number of carbonyl (C=O) groups excluding carboxylic acids is 1. The van der Waals surface area contributed by atoms with E-state index in [1.165, 1.54) is 0 Å². The third kappa shape index (κ3) is 4.16. The Morgan fingerprint density at radius 3 is 2.75 bits per heavy atom. The fraction of sp³-hybridized carbons (Fsp3) is 0.400. The van der Waals surface area contributed by atoms with Crippen LogP contribution >= 0.6 is 22.7 Å². The maximum Gasteiger partial charge on any atom is 0.220 e. The van der Waals surface area contributed by atoms with Gasteiger partial charge in [-0.15, -0.1) is 22.7 Å². The van der Waals surface area contributed by atoms with Crippen LogP contribution in [-0.2, 0) is 11.3 Å². The van der Waals surface area contributed by atoms with Crippen LogP contribution in [0, 0.1) is 5.92 Å². The highest BCUT2D eigenvalue weighted by molar-refractivity contribution is 7.12. The molecule has 0 radical (unpaired) electrons. The van der Waals surface area contributed by atoms with Crippen LogP contribution in [-0.4, -0.2) is 11.0 Å². The van der Waals surface area contributed by atoms with Crippen LogP contribution in [0.3, 0.4) is 0 Å². The molecule has 0 saturated heterocycles.